The summed E-state index contributed by atoms with van der Waals surface area (Å²) in [6, 6.07) is 8.22. The molecular formula is C23H28O2Si2. The van der Waals surface area contributed by atoms with E-state index in [1.807, 2.05) is 12.1 Å². The van der Waals surface area contributed by atoms with Gasteiger partial charge in [0.1, 0.15) is 0 Å². The Balaban J connectivity index is 1.98. The fraction of sp³-hybridized carbons (Fsp3) is 0.435. The van der Waals surface area contributed by atoms with E-state index in [9.17, 15) is 4.79 Å². The zero-order valence-corrected chi connectivity index (χ0v) is 19.2. The van der Waals surface area contributed by atoms with Gasteiger partial charge >= 0.3 is 0 Å². The molecule has 2 aromatic carbocycles. The van der Waals surface area contributed by atoms with Crippen LogP contribution in [0.5, 0.6) is 0 Å². The number of ketones is 1. The average Bonchev–Trinajstić information content (AvgIpc) is 3.09. The van der Waals surface area contributed by atoms with Crippen molar-refractivity contribution in [2.75, 3.05) is 6.61 Å². The molecule has 0 N–H and O–H groups in total. The van der Waals surface area contributed by atoms with Crippen molar-refractivity contribution in [2.45, 2.75) is 57.7 Å². The van der Waals surface area contributed by atoms with Crippen LogP contribution in [0.25, 0.3) is 11.1 Å². The maximum absolute atomic E-state index is 13.6. The lowest BCUT2D eigenvalue weighted by atomic mass is 9.71. The van der Waals surface area contributed by atoms with Crippen LogP contribution in [0.15, 0.2) is 24.3 Å². The molecule has 1 heterocycles. The number of benzene rings is 2. The molecule has 0 spiro atoms. The van der Waals surface area contributed by atoms with Crippen LogP contribution < -0.4 is 10.4 Å². The standard InChI is InChI=1S/C23H28O2Si2/c1-26(2,3)22-17-15-11-12-25-21(15)18(17)16-13-9-7-8-10-14(13)20(24)19(16)23(22)27(4,5)6/h7-10,15,21H,11-12H2,1-6H3. The lowest BCUT2D eigenvalue weighted by Crippen LogP contribution is -2.61. The summed E-state index contributed by atoms with van der Waals surface area (Å²) in [6.45, 7) is 15.4. The van der Waals surface area contributed by atoms with E-state index >= 15 is 0 Å². The Bertz CT molecular complexity index is 1010. The molecule has 0 radical (unpaired) electrons. The fourth-order valence-electron chi connectivity index (χ4n) is 5.61. The van der Waals surface area contributed by atoms with Crippen LogP contribution in [0.4, 0.5) is 0 Å². The number of carbonyl (C=O) groups is 1. The summed E-state index contributed by atoms with van der Waals surface area (Å²) < 4.78 is 6.16. The van der Waals surface area contributed by atoms with Gasteiger partial charge in [-0.05, 0) is 33.9 Å². The highest BCUT2D eigenvalue weighted by atomic mass is 28.3. The third-order valence-electron chi connectivity index (χ3n) is 6.49. The van der Waals surface area contributed by atoms with Crippen LogP contribution in [0.2, 0.25) is 39.3 Å². The third kappa shape index (κ3) is 2.18. The van der Waals surface area contributed by atoms with E-state index in [0.29, 0.717) is 5.92 Å². The van der Waals surface area contributed by atoms with Gasteiger partial charge in [-0.25, -0.2) is 0 Å². The van der Waals surface area contributed by atoms with Crippen molar-refractivity contribution in [2.24, 2.45) is 0 Å². The maximum Gasteiger partial charge on any atom is 0.194 e. The lowest BCUT2D eigenvalue weighted by Gasteiger charge is -2.44. The minimum atomic E-state index is -1.72. The molecule has 2 unspecified atom stereocenters. The summed E-state index contributed by atoms with van der Waals surface area (Å²) in [5, 5.41) is 3.06. The number of fused-ring (bicyclic) bond motifs is 8. The monoisotopic (exact) mass is 392 g/mol. The first-order chi connectivity index (χ1) is 12.6. The molecule has 2 aliphatic carbocycles. The van der Waals surface area contributed by atoms with Crippen molar-refractivity contribution in [3.8, 4) is 11.1 Å². The van der Waals surface area contributed by atoms with E-state index in [2.05, 4.69) is 51.4 Å². The van der Waals surface area contributed by atoms with Gasteiger partial charge in [-0.1, -0.05) is 68.7 Å². The van der Waals surface area contributed by atoms with E-state index in [1.165, 1.54) is 16.3 Å². The van der Waals surface area contributed by atoms with Gasteiger partial charge in [0, 0.05) is 23.7 Å². The molecular weight excluding hydrogens is 364 g/mol. The molecule has 3 aliphatic rings. The van der Waals surface area contributed by atoms with E-state index < -0.39 is 16.1 Å². The van der Waals surface area contributed by atoms with Gasteiger partial charge in [0.25, 0.3) is 0 Å². The molecule has 0 bridgehead atoms. The Morgan fingerprint density at radius 3 is 2.11 bits per heavy atom. The molecule has 140 valence electrons. The molecule has 4 heteroatoms. The molecule has 0 aromatic heterocycles. The smallest absolute Gasteiger partial charge is 0.194 e. The van der Waals surface area contributed by atoms with E-state index in [0.717, 1.165) is 29.7 Å². The van der Waals surface area contributed by atoms with E-state index in [4.69, 9.17) is 4.74 Å². The van der Waals surface area contributed by atoms with Gasteiger partial charge in [0.15, 0.2) is 5.78 Å². The largest absolute Gasteiger partial charge is 0.373 e. The second-order valence-corrected chi connectivity index (χ2v) is 20.4. The minimum Gasteiger partial charge on any atom is -0.373 e. The molecule has 1 fully saturated rings. The van der Waals surface area contributed by atoms with Crippen molar-refractivity contribution in [1.29, 1.82) is 0 Å². The summed E-state index contributed by atoms with van der Waals surface area (Å²) in [4.78, 5) is 13.6. The van der Waals surface area contributed by atoms with E-state index in [-0.39, 0.29) is 11.9 Å². The molecule has 0 saturated carbocycles. The van der Waals surface area contributed by atoms with Gasteiger partial charge in [-0.2, -0.15) is 0 Å². The number of carbonyl (C=O) groups excluding carboxylic acids is 1. The van der Waals surface area contributed by atoms with Gasteiger partial charge in [0.05, 0.1) is 22.3 Å². The number of hydrogen-bond acceptors (Lipinski definition) is 2. The second kappa shape index (κ2) is 5.31. The maximum atomic E-state index is 13.6. The van der Waals surface area contributed by atoms with Crippen LogP contribution in [-0.2, 0) is 4.74 Å². The Morgan fingerprint density at radius 2 is 1.48 bits per heavy atom. The normalized spacial score (nSPS) is 22.8. The highest BCUT2D eigenvalue weighted by Crippen LogP contribution is 2.58. The van der Waals surface area contributed by atoms with Crippen molar-refractivity contribution in [3.63, 3.8) is 0 Å². The Hall–Kier alpha value is -1.50. The predicted molar refractivity (Wildman–Crippen MR) is 117 cm³/mol. The lowest BCUT2D eigenvalue weighted by molar-refractivity contribution is 0.0892. The second-order valence-electron chi connectivity index (χ2n) is 10.4. The molecule has 2 aromatic rings. The summed E-state index contributed by atoms with van der Waals surface area (Å²) >= 11 is 0. The molecule has 1 saturated heterocycles. The van der Waals surface area contributed by atoms with Crippen molar-refractivity contribution >= 4 is 32.3 Å². The first kappa shape index (κ1) is 17.6. The first-order valence-electron chi connectivity index (χ1n) is 10.1. The summed E-state index contributed by atoms with van der Waals surface area (Å²) in [7, 11) is -3.34. The van der Waals surface area contributed by atoms with Crippen molar-refractivity contribution in [3.05, 3.63) is 46.5 Å². The molecule has 1 aliphatic heterocycles. The third-order valence-corrected chi connectivity index (χ3v) is 10.8. The van der Waals surface area contributed by atoms with Gasteiger partial charge in [0.2, 0.25) is 0 Å². The van der Waals surface area contributed by atoms with Gasteiger partial charge in [-0.3, -0.25) is 4.79 Å². The SMILES string of the molecule is C[Si](C)(C)c1c2c(c3c(c1[Si](C)(C)C)C1CCOC31)-c1ccccc1C2=O. The Morgan fingerprint density at radius 1 is 0.852 bits per heavy atom. The predicted octanol–water partition coefficient (Wildman–Crippen LogP) is 4.55. The zero-order chi connectivity index (χ0) is 19.3. The Labute approximate surface area is 164 Å². The summed E-state index contributed by atoms with van der Waals surface area (Å²) in [5.41, 5.74) is 7.25. The highest BCUT2D eigenvalue weighted by Gasteiger charge is 2.52. The van der Waals surface area contributed by atoms with Gasteiger partial charge in [-0.15, -0.1) is 0 Å². The van der Waals surface area contributed by atoms with Crippen LogP contribution in [0, 0.1) is 0 Å². The van der Waals surface area contributed by atoms with Crippen LogP contribution >= 0.6 is 0 Å². The van der Waals surface area contributed by atoms with Crippen LogP contribution in [-0.4, -0.2) is 28.5 Å². The molecule has 2 nitrogen and oxygen atoms in total. The van der Waals surface area contributed by atoms with Crippen molar-refractivity contribution < 1.29 is 9.53 Å². The van der Waals surface area contributed by atoms with Crippen LogP contribution in [0.3, 0.4) is 0 Å². The average molecular weight is 393 g/mol. The highest BCUT2D eigenvalue weighted by molar-refractivity contribution is 6.99. The summed E-state index contributed by atoms with van der Waals surface area (Å²) in [5.74, 6) is 0.798. The topological polar surface area (TPSA) is 26.3 Å². The number of ether oxygens (including phenoxy) is 1. The molecule has 2 atom stereocenters. The van der Waals surface area contributed by atoms with E-state index in [1.54, 1.807) is 10.8 Å². The van der Waals surface area contributed by atoms with Gasteiger partial charge < -0.3 is 4.74 Å². The minimum absolute atomic E-state index is 0.207. The van der Waals surface area contributed by atoms with Crippen LogP contribution in [0.1, 0.15) is 45.5 Å². The number of hydrogen-bond donors (Lipinski definition) is 0. The number of rotatable bonds is 2. The molecule has 27 heavy (non-hydrogen) atoms. The molecule has 5 rings (SSSR count). The quantitative estimate of drug-likeness (QED) is 0.598. The molecule has 0 amide bonds. The Kier molecular flexibility index (Phi) is 3.46. The van der Waals surface area contributed by atoms with Crippen molar-refractivity contribution in [1.82, 2.24) is 0 Å². The summed E-state index contributed by atoms with van der Waals surface area (Å²) in [6.07, 6.45) is 1.34. The fourth-order valence-corrected chi connectivity index (χ4v) is 11.7. The first-order valence-corrected chi connectivity index (χ1v) is 17.1. The zero-order valence-electron chi connectivity index (χ0n) is 17.2.